The van der Waals surface area contributed by atoms with Crippen LogP contribution in [-0.2, 0) is 14.6 Å². The van der Waals surface area contributed by atoms with Crippen LogP contribution >= 0.6 is 0 Å². The van der Waals surface area contributed by atoms with E-state index in [0.717, 1.165) is 12.8 Å². The van der Waals surface area contributed by atoms with Crippen LogP contribution in [0, 0.1) is 0 Å². The maximum Gasteiger partial charge on any atom is 0.323 e. The fraction of sp³-hybridized carbons (Fsp3) is 0.692. The second-order valence-corrected chi connectivity index (χ2v) is 7.76. The molecule has 0 bridgehead atoms. The molecule has 1 heterocycles. The molecule has 1 atom stereocenters. The maximum absolute atomic E-state index is 12.6. The smallest absolute Gasteiger partial charge is 0.323 e. The van der Waals surface area contributed by atoms with Crippen molar-refractivity contribution in [2.75, 3.05) is 24.6 Å². The van der Waals surface area contributed by atoms with Gasteiger partial charge in [0.25, 0.3) is 0 Å². The fourth-order valence-corrected chi connectivity index (χ4v) is 4.32. The number of nitrogens with zero attached hydrogens (tertiary/aromatic N) is 2. The normalized spacial score (nSPS) is 23.5. The molecule has 1 unspecified atom stereocenters. The number of hydrogen-bond donors (Lipinski definition) is 1. The van der Waals surface area contributed by atoms with Crippen molar-refractivity contribution in [2.45, 2.75) is 31.3 Å². The molecule has 0 aromatic carbocycles. The van der Waals surface area contributed by atoms with E-state index in [1.807, 2.05) is 0 Å². The van der Waals surface area contributed by atoms with Crippen LogP contribution < -0.4 is 0 Å². The summed E-state index contributed by atoms with van der Waals surface area (Å²) in [7, 11) is -3.18. The molecule has 2 rings (SSSR count). The number of carbonyl (C=O) groups excluding carboxylic acids is 1. The van der Waals surface area contributed by atoms with Gasteiger partial charge in [-0.2, -0.15) is 0 Å². The third-order valence-electron chi connectivity index (χ3n) is 3.76. The van der Waals surface area contributed by atoms with Crippen molar-refractivity contribution in [3.63, 3.8) is 0 Å². The highest BCUT2D eigenvalue weighted by Crippen LogP contribution is 2.29. The average molecular weight is 316 g/mol. The molecule has 7 nitrogen and oxygen atoms in total. The predicted molar refractivity (Wildman–Crippen MR) is 76.7 cm³/mol. The van der Waals surface area contributed by atoms with Crippen molar-refractivity contribution in [1.29, 1.82) is 0 Å². The number of aliphatic carboxylic acids is 1. The summed E-state index contributed by atoms with van der Waals surface area (Å²) in [5.41, 5.74) is 0. The van der Waals surface area contributed by atoms with Crippen molar-refractivity contribution in [2.24, 2.45) is 0 Å². The molecule has 2 amide bonds. The Bertz CT molecular complexity index is 541. The topological polar surface area (TPSA) is 95.0 Å². The van der Waals surface area contributed by atoms with Gasteiger partial charge in [0.15, 0.2) is 9.84 Å². The highest BCUT2D eigenvalue weighted by molar-refractivity contribution is 7.91. The highest BCUT2D eigenvalue weighted by atomic mass is 32.2. The number of urea groups is 1. The Morgan fingerprint density at radius 1 is 1.19 bits per heavy atom. The number of hydrogen-bond acceptors (Lipinski definition) is 4. The summed E-state index contributed by atoms with van der Waals surface area (Å²) in [6, 6.07) is -0.837. The Kier molecular flexibility index (Phi) is 4.55. The molecule has 1 saturated carbocycles. The van der Waals surface area contributed by atoms with Gasteiger partial charge in [0, 0.05) is 18.6 Å². The quantitative estimate of drug-likeness (QED) is 0.713. The largest absolute Gasteiger partial charge is 0.480 e. The third kappa shape index (κ3) is 3.96. The molecule has 0 radical (unpaired) electrons. The lowest BCUT2D eigenvalue weighted by molar-refractivity contribution is -0.138. The third-order valence-corrected chi connectivity index (χ3v) is 5.51. The summed E-state index contributed by atoms with van der Waals surface area (Å²) in [5, 5.41) is 9.01. The van der Waals surface area contributed by atoms with Crippen molar-refractivity contribution in [1.82, 2.24) is 9.80 Å². The second-order valence-electron chi connectivity index (χ2n) is 5.53. The SMILES string of the molecule is C=CCN(C(=O)N(CC(=O)O)C1CCS(=O)(=O)C1)C1CC1. The first-order valence-electron chi connectivity index (χ1n) is 6.94. The zero-order valence-electron chi connectivity index (χ0n) is 11.8. The van der Waals surface area contributed by atoms with Crippen LogP contribution in [0.1, 0.15) is 19.3 Å². The summed E-state index contributed by atoms with van der Waals surface area (Å²) < 4.78 is 23.2. The molecular weight excluding hydrogens is 296 g/mol. The summed E-state index contributed by atoms with van der Waals surface area (Å²) >= 11 is 0. The van der Waals surface area contributed by atoms with Gasteiger partial charge in [-0.3, -0.25) is 4.79 Å². The number of carboxylic acids is 1. The molecule has 0 aromatic rings. The van der Waals surface area contributed by atoms with E-state index >= 15 is 0 Å². The zero-order valence-corrected chi connectivity index (χ0v) is 12.6. The molecule has 8 heteroatoms. The van der Waals surface area contributed by atoms with Crippen LogP contribution in [0.5, 0.6) is 0 Å². The second kappa shape index (κ2) is 6.05. The number of carboxylic acid groups (broad SMARTS) is 1. The summed E-state index contributed by atoms with van der Waals surface area (Å²) in [4.78, 5) is 26.4. The lowest BCUT2D eigenvalue weighted by Gasteiger charge is -2.32. The Labute approximate surface area is 124 Å². The van der Waals surface area contributed by atoms with E-state index < -0.39 is 34.4 Å². The Hall–Kier alpha value is -1.57. The molecule has 2 aliphatic rings. The molecule has 1 aliphatic heterocycles. The van der Waals surface area contributed by atoms with Crippen molar-refractivity contribution in [3.8, 4) is 0 Å². The fourth-order valence-electron chi connectivity index (χ4n) is 2.59. The summed E-state index contributed by atoms with van der Waals surface area (Å²) in [5.74, 6) is -1.29. The van der Waals surface area contributed by atoms with Gasteiger partial charge in [0.05, 0.1) is 11.5 Å². The highest BCUT2D eigenvalue weighted by Gasteiger charge is 2.40. The van der Waals surface area contributed by atoms with Gasteiger partial charge in [-0.05, 0) is 19.3 Å². The van der Waals surface area contributed by atoms with Crippen molar-refractivity contribution in [3.05, 3.63) is 12.7 Å². The molecule has 1 saturated heterocycles. The first kappa shape index (κ1) is 15.8. The lowest BCUT2D eigenvalue weighted by atomic mass is 10.2. The minimum absolute atomic E-state index is 0.00591. The van der Waals surface area contributed by atoms with Gasteiger partial charge in [-0.25, -0.2) is 13.2 Å². The minimum Gasteiger partial charge on any atom is -0.480 e. The van der Waals surface area contributed by atoms with E-state index in [2.05, 4.69) is 6.58 Å². The Balaban J connectivity index is 2.16. The van der Waals surface area contributed by atoms with Crippen LogP contribution in [0.15, 0.2) is 12.7 Å². The Morgan fingerprint density at radius 3 is 2.29 bits per heavy atom. The van der Waals surface area contributed by atoms with Crippen LogP contribution in [0.3, 0.4) is 0 Å². The molecule has 118 valence electrons. The number of rotatable bonds is 6. The van der Waals surface area contributed by atoms with Gasteiger partial charge >= 0.3 is 12.0 Å². The van der Waals surface area contributed by atoms with Crippen molar-refractivity contribution >= 4 is 21.8 Å². The number of carbonyl (C=O) groups is 2. The summed E-state index contributed by atoms with van der Waals surface area (Å²) in [6.45, 7) is 3.48. The van der Waals surface area contributed by atoms with E-state index in [-0.39, 0.29) is 17.5 Å². The first-order chi connectivity index (χ1) is 9.84. The maximum atomic E-state index is 12.6. The van der Waals surface area contributed by atoms with Gasteiger partial charge in [0.1, 0.15) is 6.54 Å². The molecule has 21 heavy (non-hydrogen) atoms. The van der Waals surface area contributed by atoms with E-state index in [1.165, 1.54) is 4.90 Å². The number of sulfone groups is 1. The lowest BCUT2D eigenvalue weighted by Crippen LogP contribution is -2.51. The Morgan fingerprint density at radius 2 is 1.86 bits per heavy atom. The molecule has 2 fully saturated rings. The van der Waals surface area contributed by atoms with Crippen molar-refractivity contribution < 1.29 is 23.1 Å². The van der Waals surface area contributed by atoms with Crippen LogP contribution in [-0.4, -0.2) is 72.0 Å². The molecule has 1 aliphatic carbocycles. The van der Waals surface area contributed by atoms with E-state index in [0.29, 0.717) is 13.0 Å². The molecular formula is C13H20N2O5S. The van der Waals surface area contributed by atoms with E-state index in [4.69, 9.17) is 5.11 Å². The standard InChI is InChI=1S/C13H20N2O5S/c1-2-6-14(10-3-4-10)13(18)15(8-12(16)17)11-5-7-21(19,20)9-11/h2,10-11H,1,3-9H2,(H,16,17). The molecule has 0 aromatic heterocycles. The first-order valence-corrected chi connectivity index (χ1v) is 8.76. The number of amides is 2. The van der Waals surface area contributed by atoms with Gasteiger partial charge in [-0.1, -0.05) is 6.08 Å². The average Bonchev–Trinajstić information content (AvgIpc) is 3.16. The van der Waals surface area contributed by atoms with Crippen LogP contribution in [0.4, 0.5) is 4.79 Å². The molecule has 1 N–H and O–H groups in total. The van der Waals surface area contributed by atoms with Gasteiger partial charge < -0.3 is 14.9 Å². The van der Waals surface area contributed by atoms with Gasteiger partial charge in [0.2, 0.25) is 0 Å². The zero-order chi connectivity index (χ0) is 15.6. The van der Waals surface area contributed by atoms with Crippen LogP contribution in [0.25, 0.3) is 0 Å². The minimum atomic E-state index is -3.18. The van der Waals surface area contributed by atoms with Crippen LogP contribution in [0.2, 0.25) is 0 Å². The monoisotopic (exact) mass is 316 g/mol. The van der Waals surface area contributed by atoms with Gasteiger partial charge in [-0.15, -0.1) is 6.58 Å². The van der Waals surface area contributed by atoms with E-state index in [9.17, 15) is 18.0 Å². The summed E-state index contributed by atoms with van der Waals surface area (Å²) in [6.07, 6.45) is 3.68. The molecule has 0 spiro atoms. The predicted octanol–water partition coefficient (Wildman–Crippen LogP) is 0.331. The van der Waals surface area contributed by atoms with E-state index in [1.54, 1.807) is 11.0 Å².